The summed E-state index contributed by atoms with van der Waals surface area (Å²) in [5.74, 6) is 1.65. The Balaban J connectivity index is 1.38. The molecule has 33 heavy (non-hydrogen) atoms. The van der Waals surface area contributed by atoms with E-state index in [0.717, 1.165) is 54.3 Å². The Morgan fingerprint density at radius 3 is 2.88 bits per heavy atom. The van der Waals surface area contributed by atoms with E-state index >= 15 is 0 Å². The second-order valence-electron chi connectivity index (χ2n) is 7.92. The van der Waals surface area contributed by atoms with Crippen LogP contribution in [0.3, 0.4) is 0 Å². The quantitative estimate of drug-likeness (QED) is 0.325. The molecule has 1 amide bonds. The number of anilines is 1. The normalized spacial score (nSPS) is 13.4. The lowest BCUT2D eigenvalue weighted by Gasteiger charge is -2.12. The summed E-state index contributed by atoms with van der Waals surface area (Å²) in [5, 5.41) is 13.5. The van der Waals surface area contributed by atoms with Crippen molar-refractivity contribution < 1.29 is 9.18 Å². The first-order valence-electron chi connectivity index (χ1n) is 11.0. The number of thioether (sulfide) groups is 1. The number of hydrogen-bond acceptors (Lipinski definition) is 5. The number of carbonyl (C=O) groups is 1. The Kier molecular flexibility index (Phi) is 6.55. The number of rotatable bonds is 6. The molecule has 0 saturated heterocycles. The molecule has 0 unspecified atom stereocenters. The molecule has 1 aliphatic rings. The summed E-state index contributed by atoms with van der Waals surface area (Å²) in [7, 11) is 0. The minimum atomic E-state index is -0.480. The molecule has 4 aromatic rings. The third-order valence-corrected chi connectivity index (χ3v) is 7.85. The van der Waals surface area contributed by atoms with Gasteiger partial charge in [-0.1, -0.05) is 24.6 Å². The van der Waals surface area contributed by atoms with Crippen LogP contribution < -0.4 is 5.32 Å². The molecule has 2 aromatic carbocycles. The highest BCUT2D eigenvalue weighted by Gasteiger charge is 2.19. The van der Waals surface area contributed by atoms with Gasteiger partial charge >= 0.3 is 0 Å². The number of fused-ring (bicyclic) bond motifs is 1. The Hall–Kier alpha value is -2.97. The fraction of sp³-hybridized carbons (Fsp3) is 0.240. The summed E-state index contributed by atoms with van der Waals surface area (Å²) in [6.45, 7) is 0.853. The molecule has 3 heterocycles. The predicted molar refractivity (Wildman–Crippen MR) is 131 cm³/mol. The van der Waals surface area contributed by atoms with E-state index in [0.29, 0.717) is 11.4 Å². The van der Waals surface area contributed by atoms with E-state index < -0.39 is 5.82 Å². The van der Waals surface area contributed by atoms with E-state index in [1.807, 2.05) is 29.6 Å². The fourth-order valence-corrected chi connectivity index (χ4v) is 5.80. The van der Waals surface area contributed by atoms with Gasteiger partial charge in [-0.25, -0.2) is 4.39 Å². The van der Waals surface area contributed by atoms with Crippen molar-refractivity contribution in [3.8, 4) is 11.4 Å². The third-order valence-electron chi connectivity index (χ3n) is 5.66. The van der Waals surface area contributed by atoms with Crippen LogP contribution in [0.4, 0.5) is 10.1 Å². The summed E-state index contributed by atoms with van der Waals surface area (Å²) in [4.78, 5) is 15.2. The highest BCUT2D eigenvalue weighted by Crippen LogP contribution is 2.30. The van der Waals surface area contributed by atoms with E-state index in [9.17, 15) is 9.18 Å². The maximum atomic E-state index is 14.7. The first-order valence-corrected chi connectivity index (χ1v) is 12.8. The molecule has 0 spiro atoms. The van der Waals surface area contributed by atoms with Crippen LogP contribution >= 0.6 is 23.1 Å². The molecule has 168 valence electrons. The zero-order chi connectivity index (χ0) is 22.6. The van der Waals surface area contributed by atoms with Gasteiger partial charge in [0.2, 0.25) is 0 Å². The third kappa shape index (κ3) is 4.86. The number of thiophene rings is 1. The molecule has 0 fully saturated rings. The lowest BCUT2D eigenvalue weighted by molar-refractivity contribution is 0.102. The molecule has 8 heteroatoms. The summed E-state index contributed by atoms with van der Waals surface area (Å²) in [5.41, 5.74) is 1.41. The van der Waals surface area contributed by atoms with Gasteiger partial charge in [0.25, 0.3) is 5.91 Å². The summed E-state index contributed by atoms with van der Waals surface area (Å²) in [6.07, 6.45) is 4.24. The van der Waals surface area contributed by atoms with Gasteiger partial charge in [-0.3, -0.25) is 4.79 Å². The summed E-state index contributed by atoms with van der Waals surface area (Å²) >= 11 is 3.29. The number of halogens is 1. The van der Waals surface area contributed by atoms with Crippen LogP contribution in [0.1, 0.15) is 40.3 Å². The van der Waals surface area contributed by atoms with Crippen LogP contribution in [-0.2, 0) is 18.7 Å². The van der Waals surface area contributed by atoms with Crippen LogP contribution in [0.5, 0.6) is 0 Å². The highest BCUT2D eigenvalue weighted by atomic mass is 32.2. The Morgan fingerprint density at radius 2 is 2.00 bits per heavy atom. The van der Waals surface area contributed by atoms with E-state index in [2.05, 4.69) is 26.1 Å². The Bertz CT molecular complexity index is 1270. The van der Waals surface area contributed by atoms with E-state index in [1.54, 1.807) is 41.3 Å². The molecular formula is C25H23FN4OS2. The fourth-order valence-electron chi connectivity index (χ4n) is 3.97. The number of nitrogens with one attached hydrogen (secondary N) is 1. The Morgan fingerprint density at radius 1 is 1.09 bits per heavy atom. The van der Waals surface area contributed by atoms with Crippen LogP contribution in [0.15, 0.2) is 64.9 Å². The van der Waals surface area contributed by atoms with Crippen molar-refractivity contribution in [1.29, 1.82) is 0 Å². The van der Waals surface area contributed by atoms with Crippen LogP contribution in [0.2, 0.25) is 0 Å². The molecule has 1 N–H and O–H groups in total. The topological polar surface area (TPSA) is 59.8 Å². The SMILES string of the molecule is O=C(Nc1cc(-c2nnc3n2CCCCC3)ccc1F)c1ccccc1SCc1cccs1. The first-order chi connectivity index (χ1) is 16.2. The van der Waals surface area contributed by atoms with E-state index in [-0.39, 0.29) is 11.6 Å². The summed E-state index contributed by atoms with van der Waals surface area (Å²) < 4.78 is 16.8. The number of aryl methyl sites for hydroxylation is 1. The van der Waals surface area contributed by atoms with Gasteiger partial charge in [0, 0.05) is 34.1 Å². The molecule has 5 nitrogen and oxygen atoms in total. The van der Waals surface area contributed by atoms with Gasteiger partial charge < -0.3 is 9.88 Å². The zero-order valence-corrected chi connectivity index (χ0v) is 19.6. The maximum absolute atomic E-state index is 14.7. The molecule has 0 bridgehead atoms. The van der Waals surface area contributed by atoms with Gasteiger partial charge in [0.1, 0.15) is 11.6 Å². The van der Waals surface area contributed by atoms with Gasteiger partial charge in [-0.05, 0) is 54.6 Å². The minimum Gasteiger partial charge on any atom is -0.319 e. The lowest BCUT2D eigenvalue weighted by atomic mass is 10.1. The average molecular weight is 479 g/mol. The molecule has 2 aromatic heterocycles. The van der Waals surface area contributed by atoms with Gasteiger partial charge in [-0.2, -0.15) is 0 Å². The molecule has 0 saturated carbocycles. The molecule has 0 radical (unpaired) electrons. The monoisotopic (exact) mass is 478 g/mol. The van der Waals surface area contributed by atoms with Crippen LogP contribution in [0, 0.1) is 5.82 Å². The van der Waals surface area contributed by atoms with E-state index in [4.69, 9.17) is 0 Å². The number of nitrogens with zero attached hydrogens (tertiary/aromatic N) is 3. The van der Waals surface area contributed by atoms with Gasteiger partial charge in [0.15, 0.2) is 5.82 Å². The van der Waals surface area contributed by atoms with Crippen molar-refractivity contribution in [3.63, 3.8) is 0 Å². The molecule has 5 rings (SSSR count). The van der Waals surface area contributed by atoms with E-state index in [1.165, 1.54) is 10.9 Å². The van der Waals surface area contributed by atoms with Crippen LogP contribution in [0.25, 0.3) is 11.4 Å². The van der Waals surface area contributed by atoms with Gasteiger partial charge in [-0.15, -0.1) is 33.3 Å². The Labute approximate surface area is 200 Å². The highest BCUT2D eigenvalue weighted by molar-refractivity contribution is 7.98. The van der Waals surface area contributed by atoms with Crippen molar-refractivity contribution in [3.05, 3.63) is 82.1 Å². The number of aromatic nitrogens is 3. The summed E-state index contributed by atoms with van der Waals surface area (Å²) in [6, 6.07) is 16.2. The minimum absolute atomic E-state index is 0.140. The van der Waals surface area contributed by atoms with Crippen molar-refractivity contribution in [2.45, 2.75) is 42.9 Å². The number of benzene rings is 2. The second-order valence-corrected chi connectivity index (χ2v) is 9.96. The largest absolute Gasteiger partial charge is 0.319 e. The van der Waals surface area contributed by atoms with Crippen LogP contribution in [-0.4, -0.2) is 20.7 Å². The smallest absolute Gasteiger partial charge is 0.256 e. The molecule has 0 aliphatic carbocycles. The molecule has 0 atom stereocenters. The van der Waals surface area contributed by atoms with Gasteiger partial charge in [0.05, 0.1) is 11.3 Å². The number of hydrogen-bond donors (Lipinski definition) is 1. The number of amides is 1. The maximum Gasteiger partial charge on any atom is 0.256 e. The van der Waals surface area contributed by atoms with Crippen molar-refractivity contribution in [1.82, 2.24) is 14.8 Å². The predicted octanol–water partition coefficient (Wildman–Crippen LogP) is 6.42. The van der Waals surface area contributed by atoms with Crippen molar-refractivity contribution >= 4 is 34.7 Å². The second kappa shape index (κ2) is 9.89. The lowest BCUT2D eigenvalue weighted by Crippen LogP contribution is -2.14. The molecular weight excluding hydrogens is 455 g/mol. The number of carbonyl (C=O) groups excluding carboxylic acids is 1. The first kappa shape index (κ1) is 21.9. The van der Waals surface area contributed by atoms with Crippen molar-refractivity contribution in [2.24, 2.45) is 0 Å². The van der Waals surface area contributed by atoms with Crippen molar-refractivity contribution in [2.75, 3.05) is 5.32 Å². The average Bonchev–Trinajstić information content (AvgIpc) is 3.44. The zero-order valence-electron chi connectivity index (χ0n) is 18.0. The molecule has 1 aliphatic heterocycles. The standard InChI is InChI=1S/C25H23FN4OS2/c26-20-12-11-17(24-29-28-23-10-2-1-5-13-30(23)24)15-21(20)27-25(31)19-8-3-4-9-22(19)33-16-18-7-6-14-32-18/h3-4,6-9,11-12,14-15H,1-2,5,10,13,16H2,(H,27,31).